The molecular formula is C20H21NO8. The summed E-state index contributed by atoms with van der Waals surface area (Å²) in [6, 6.07) is 6.43. The van der Waals surface area contributed by atoms with Gasteiger partial charge >= 0.3 is 0 Å². The predicted molar refractivity (Wildman–Crippen MR) is 99.7 cm³/mol. The van der Waals surface area contributed by atoms with Crippen molar-refractivity contribution < 1.29 is 38.8 Å². The summed E-state index contributed by atoms with van der Waals surface area (Å²) >= 11 is 0. The SMILES string of the molecule is COc1cc(C2C(C(=O)c3ccco3)=C(O)C(=O)N2CCOCCO)ccc1O. The number of ether oxygens (including phenoxy) is 2. The fourth-order valence-corrected chi connectivity index (χ4v) is 3.20. The van der Waals surface area contributed by atoms with Crippen LogP contribution in [0.25, 0.3) is 0 Å². The maximum absolute atomic E-state index is 13.0. The number of phenolic OH excluding ortho intramolecular Hbond substituents is 1. The van der Waals surface area contributed by atoms with Crippen molar-refractivity contribution in [1.29, 1.82) is 0 Å². The summed E-state index contributed by atoms with van der Waals surface area (Å²) in [6.45, 7) is 0.0782. The summed E-state index contributed by atoms with van der Waals surface area (Å²) in [5.74, 6) is -2.01. The molecule has 2 aromatic rings. The van der Waals surface area contributed by atoms with Crippen LogP contribution in [-0.2, 0) is 9.53 Å². The number of nitrogens with zero attached hydrogens (tertiary/aromatic N) is 1. The average Bonchev–Trinajstić information content (AvgIpc) is 3.34. The van der Waals surface area contributed by atoms with Crippen LogP contribution >= 0.6 is 0 Å². The van der Waals surface area contributed by atoms with Gasteiger partial charge in [-0.1, -0.05) is 6.07 Å². The first-order chi connectivity index (χ1) is 14.0. The zero-order chi connectivity index (χ0) is 21.0. The maximum Gasteiger partial charge on any atom is 0.290 e. The highest BCUT2D eigenvalue weighted by Crippen LogP contribution is 2.41. The zero-order valence-electron chi connectivity index (χ0n) is 15.7. The smallest absolute Gasteiger partial charge is 0.290 e. The van der Waals surface area contributed by atoms with Gasteiger partial charge in [0.15, 0.2) is 23.0 Å². The van der Waals surface area contributed by atoms with Gasteiger partial charge in [0.05, 0.1) is 44.8 Å². The van der Waals surface area contributed by atoms with E-state index in [1.807, 2.05) is 0 Å². The first kappa shape index (κ1) is 20.4. The van der Waals surface area contributed by atoms with Gasteiger partial charge in [-0.15, -0.1) is 0 Å². The van der Waals surface area contributed by atoms with E-state index in [0.717, 1.165) is 0 Å². The molecule has 1 atom stereocenters. The van der Waals surface area contributed by atoms with Crippen LogP contribution in [0.15, 0.2) is 52.3 Å². The first-order valence-electron chi connectivity index (χ1n) is 8.87. The van der Waals surface area contributed by atoms with Crippen molar-refractivity contribution in [3.05, 3.63) is 59.3 Å². The van der Waals surface area contributed by atoms with Gasteiger partial charge in [0.25, 0.3) is 5.91 Å². The molecule has 1 unspecified atom stereocenters. The lowest BCUT2D eigenvalue weighted by Gasteiger charge is -2.27. The number of aromatic hydroxyl groups is 1. The van der Waals surface area contributed by atoms with Crippen molar-refractivity contribution in [2.75, 3.05) is 33.5 Å². The molecule has 1 aromatic heterocycles. The molecule has 0 spiro atoms. The van der Waals surface area contributed by atoms with Crippen LogP contribution in [0.3, 0.4) is 0 Å². The van der Waals surface area contributed by atoms with Gasteiger partial charge in [0.2, 0.25) is 5.78 Å². The highest BCUT2D eigenvalue weighted by Gasteiger charge is 2.44. The number of phenols is 1. The number of amides is 1. The number of aliphatic hydroxyl groups excluding tert-OH is 2. The molecule has 0 saturated heterocycles. The number of rotatable bonds is 9. The van der Waals surface area contributed by atoms with Crippen LogP contribution in [0, 0.1) is 0 Å². The van der Waals surface area contributed by atoms with Crippen molar-refractivity contribution in [3.63, 3.8) is 0 Å². The third-order valence-electron chi connectivity index (χ3n) is 4.52. The number of hydrogen-bond donors (Lipinski definition) is 3. The molecule has 29 heavy (non-hydrogen) atoms. The van der Waals surface area contributed by atoms with Gasteiger partial charge in [-0.2, -0.15) is 0 Å². The molecule has 9 nitrogen and oxygen atoms in total. The Hall–Kier alpha value is -3.30. The number of ketones is 1. The number of furan rings is 1. The molecular weight excluding hydrogens is 382 g/mol. The molecule has 3 rings (SSSR count). The number of hydrogen-bond acceptors (Lipinski definition) is 8. The van der Waals surface area contributed by atoms with Gasteiger partial charge in [-0.05, 0) is 29.8 Å². The summed E-state index contributed by atoms with van der Waals surface area (Å²) in [4.78, 5) is 27.0. The minimum absolute atomic E-state index is 0.0199. The number of carbonyl (C=O) groups excluding carboxylic acids is 2. The van der Waals surface area contributed by atoms with Crippen molar-refractivity contribution in [2.24, 2.45) is 0 Å². The fourth-order valence-electron chi connectivity index (χ4n) is 3.20. The molecule has 1 amide bonds. The Kier molecular flexibility index (Phi) is 6.20. The topological polar surface area (TPSA) is 130 Å². The molecule has 0 saturated carbocycles. The second-order valence-corrected chi connectivity index (χ2v) is 6.24. The fraction of sp³-hybridized carbons (Fsp3) is 0.300. The Bertz CT molecular complexity index is 919. The third-order valence-corrected chi connectivity index (χ3v) is 4.52. The van der Waals surface area contributed by atoms with Crippen LogP contribution in [0.4, 0.5) is 0 Å². The Morgan fingerprint density at radius 1 is 1.24 bits per heavy atom. The van der Waals surface area contributed by atoms with Gasteiger partial charge in [-0.25, -0.2) is 0 Å². The molecule has 1 aliphatic heterocycles. The summed E-state index contributed by atoms with van der Waals surface area (Å²) in [5, 5.41) is 29.2. The summed E-state index contributed by atoms with van der Waals surface area (Å²) in [6.07, 6.45) is 1.32. The number of Topliss-reactive ketones (excluding diaryl/α,β-unsaturated/α-hetero) is 1. The van der Waals surface area contributed by atoms with Crippen LogP contribution in [0.2, 0.25) is 0 Å². The predicted octanol–water partition coefficient (Wildman–Crippen LogP) is 1.58. The standard InChI is InChI=1S/C20H21NO8/c1-27-15-11-12(4-5-13(15)23)17-16(18(24)14-3-2-8-29-14)19(25)20(26)21(17)6-9-28-10-7-22/h2-5,8,11,17,22-23,25H,6-7,9-10H2,1H3. The van der Waals surface area contributed by atoms with Crippen LogP contribution in [-0.4, -0.2) is 65.4 Å². The van der Waals surface area contributed by atoms with Crippen LogP contribution in [0.1, 0.15) is 22.2 Å². The summed E-state index contributed by atoms with van der Waals surface area (Å²) in [5.41, 5.74) is 0.314. The second kappa shape index (κ2) is 8.80. The Morgan fingerprint density at radius 2 is 2.03 bits per heavy atom. The number of benzene rings is 1. The summed E-state index contributed by atoms with van der Waals surface area (Å²) in [7, 11) is 1.38. The molecule has 0 radical (unpaired) electrons. The molecule has 0 aliphatic carbocycles. The van der Waals surface area contributed by atoms with E-state index in [-0.39, 0.29) is 49.2 Å². The molecule has 3 N–H and O–H groups in total. The van der Waals surface area contributed by atoms with E-state index < -0.39 is 23.5 Å². The van der Waals surface area contributed by atoms with E-state index in [9.17, 15) is 19.8 Å². The van der Waals surface area contributed by atoms with Crippen molar-refractivity contribution >= 4 is 11.7 Å². The van der Waals surface area contributed by atoms with E-state index in [0.29, 0.717) is 5.56 Å². The van der Waals surface area contributed by atoms with E-state index in [4.69, 9.17) is 19.0 Å². The van der Waals surface area contributed by atoms with Crippen LogP contribution in [0.5, 0.6) is 11.5 Å². The van der Waals surface area contributed by atoms with E-state index >= 15 is 0 Å². The van der Waals surface area contributed by atoms with Gasteiger partial charge < -0.3 is 34.1 Å². The molecule has 154 valence electrons. The number of methoxy groups -OCH3 is 1. The second-order valence-electron chi connectivity index (χ2n) is 6.24. The van der Waals surface area contributed by atoms with Crippen molar-refractivity contribution in [2.45, 2.75) is 6.04 Å². The summed E-state index contributed by atoms with van der Waals surface area (Å²) < 4.78 is 15.5. The van der Waals surface area contributed by atoms with E-state index in [1.54, 1.807) is 0 Å². The molecule has 0 fully saturated rings. The molecule has 1 aliphatic rings. The normalized spacial score (nSPS) is 16.6. The van der Waals surface area contributed by atoms with E-state index in [2.05, 4.69) is 0 Å². The maximum atomic E-state index is 13.0. The number of aliphatic hydroxyl groups is 2. The van der Waals surface area contributed by atoms with Gasteiger partial charge in [-0.3, -0.25) is 9.59 Å². The molecule has 0 bridgehead atoms. The minimum Gasteiger partial charge on any atom is -0.504 e. The van der Waals surface area contributed by atoms with Crippen molar-refractivity contribution in [3.8, 4) is 11.5 Å². The Balaban J connectivity index is 2.02. The lowest BCUT2D eigenvalue weighted by molar-refractivity contribution is -0.130. The highest BCUT2D eigenvalue weighted by atomic mass is 16.5. The molecule has 2 heterocycles. The average molecular weight is 403 g/mol. The quantitative estimate of drug-likeness (QED) is 0.425. The monoisotopic (exact) mass is 403 g/mol. The van der Waals surface area contributed by atoms with Crippen molar-refractivity contribution in [1.82, 2.24) is 4.90 Å². The minimum atomic E-state index is -0.938. The zero-order valence-corrected chi connectivity index (χ0v) is 15.7. The van der Waals surface area contributed by atoms with E-state index in [1.165, 1.54) is 48.6 Å². The Morgan fingerprint density at radius 3 is 2.69 bits per heavy atom. The lowest BCUT2D eigenvalue weighted by Crippen LogP contribution is -2.34. The van der Waals surface area contributed by atoms with Gasteiger partial charge in [0, 0.05) is 6.54 Å². The molecule has 1 aromatic carbocycles. The molecule has 9 heteroatoms. The first-order valence-corrected chi connectivity index (χ1v) is 8.87. The number of carbonyl (C=O) groups is 2. The largest absolute Gasteiger partial charge is 0.504 e. The Labute approximate surface area is 166 Å². The highest BCUT2D eigenvalue weighted by molar-refractivity contribution is 6.15. The third kappa shape index (κ3) is 3.96. The van der Waals surface area contributed by atoms with Gasteiger partial charge in [0.1, 0.15) is 0 Å². The van der Waals surface area contributed by atoms with Crippen LogP contribution < -0.4 is 4.74 Å². The lowest BCUT2D eigenvalue weighted by atomic mass is 9.94.